The van der Waals surface area contributed by atoms with Gasteiger partial charge in [-0.2, -0.15) is 9.57 Å². The fourth-order valence-electron chi connectivity index (χ4n) is 3.63. The number of nitrogens with zero attached hydrogens (tertiary/aromatic N) is 4. The summed E-state index contributed by atoms with van der Waals surface area (Å²) in [7, 11) is -3.73. The first-order chi connectivity index (χ1) is 13.3. The monoisotopic (exact) mass is 404 g/mol. The largest absolute Gasteiger partial charge is 0.339 e. The van der Waals surface area contributed by atoms with Crippen molar-refractivity contribution in [2.24, 2.45) is 5.92 Å². The van der Waals surface area contributed by atoms with E-state index < -0.39 is 10.0 Å². The van der Waals surface area contributed by atoms with Crippen molar-refractivity contribution >= 4 is 15.9 Å². The van der Waals surface area contributed by atoms with E-state index in [0.29, 0.717) is 31.6 Å². The maximum atomic E-state index is 12.9. The molecule has 28 heavy (non-hydrogen) atoms. The Balaban J connectivity index is 1.61. The summed E-state index contributed by atoms with van der Waals surface area (Å²) in [5.74, 6) is 0.581. The van der Waals surface area contributed by atoms with E-state index in [9.17, 15) is 18.5 Å². The first-order valence-corrected chi connectivity index (χ1v) is 11.3. The van der Waals surface area contributed by atoms with E-state index in [1.165, 1.54) is 16.4 Å². The van der Waals surface area contributed by atoms with Gasteiger partial charge >= 0.3 is 0 Å². The maximum Gasteiger partial charge on any atom is 0.244 e. The molecule has 0 atom stereocenters. The zero-order chi connectivity index (χ0) is 20.3. The Morgan fingerprint density at radius 3 is 2.43 bits per heavy atom. The minimum Gasteiger partial charge on any atom is -0.339 e. The summed E-state index contributed by atoms with van der Waals surface area (Å²) >= 11 is 0. The first kappa shape index (κ1) is 20.8. The highest BCUT2D eigenvalue weighted by molar-refractivity contribution is 7.89. The summed E-state index contributed by atoms with van der Waals surface area (Å²) in [6, 6.07) is 8.71. The van der Waals surface area contributed by atoms with Gasteiger partial charge < -0.3 is 4.90 Å². The number of benzene rings is 1. The molecule has 1 aromatic carbocycles. The molecule has 1 saturated heterocycles. The molecule has 152 valence electrons. The number of nitriles is 1. The summed E-state index contributed by atoms with van der Waals surface area (Å²) in [5.41, 5.74) is 0.148. The molecule has 0 aromatic heterocycles. The molecular formula is C20H28N4O3S. The topological polar surface area (TPSA) is 84.7 Å². The van der Waals surface area contributed by atoms with Crippen LogP contribution in [0, 0.1) is 17.2 Å². The van der Waals surface area contributed by atoms with Crippen LogP contribution in [0.25, 0.3) is 0 Å². The van der Waals surface area contributed by atoms with Crippen LogP contribution in [0.3, 0.4) is 0 Å². The minimum atomic E-state index is -3.73. The van der Waals surface area contributed by atoms with Crippen LogP contribution >= 0.6 is 0 Å². The number of hydrogen-bond acceptors (Lipinski definition) is 5. The molecule has 1 amide bonds. The van der Waals surface area contributed by atoms with E-state index >= 15 is 0 Å². The van der Waals surface area contributed by atoms with Crippen molar-refractivity contribution in [1.29, 1.82) is 5.26 Å². The van der Waals surface area contributed by atoms with E-state index in [0.717, 1.165) is 19.4 Å². The fraction of sp³-hybridized carbons (Fsp3) is 0.600. The summed E-state index contributed by atoms with van der Waals surface area (Å²) in [6.45, 7) is 6.90. The second kappa shape index (κ2) is 8.60. The average Bonchev–Trinajstić information content (AvgIpc) is 3.52. The fourth-order valence-corrected chi connectivity index (χ4v) is 5.19. The van der Waals surface area contributed by atoms with Gasteiger partial charge in [-0.05, 0) is 30.9 Å². The van der Waals surface area contributed by atoms with Crippen molar-refractivity contribution in [3.8, 4) is 6.07 Å². The molecule has 2 fully saturated rings. The van der Waals surface area contributed by atoms with Gasteiger partial charge in [0.15, 0.2) is 0 Å². The lowest BCUT2D eigenvalue weighted by Gasteiger charge is -2.35. The van der Waals surface area contributed by atoms with E-state index in [1.54, 1.807) is 17.0 Å². The molecule has 1 aromatic rings. The highest BCUT2D eigenvalue weighted by atomic mass is 32.2. The minimum absolute atomic E-state index is 0.0362. The van der Waals surface area contributed by atoms with E-state index in [-0.39, 0.29) is 29.5 Å². The van der Waals surface area contributed by atoms with Gasteiger partial charge in [-0.15, -0.1) is 0 Å². The first-order valence-electron chi connectivity index (χ1n) is 9.84. The molecular weight excluding hydrogens is 376 g/mol. The van der Waals surface area contributed by atoms with Crippen LogP contribution in [-0.4, -0.2) is 73.7 Å². The third kappa shape index (κ3) is 4.72. The highest BCUT2D eigenvalue weighted by Crippen LogP contribution is 2.27. The van der Waals surface area contributed by atoms with Gasteiger partial charge in [0.2, 0.25) is 15.9 Å². The van der Waals surface area contributed by atoms with Crippen LogP contribution in [0.5, 0.6) is 0 Å². The van der Waals surface area contributed by atoms with E-state index in [4.69, 9.17) is 0 Å². The Labute approximate surface area is 167 Å². The third-order valence-electron chi connectivity index (χ3n) is 5.22. The van der Waals surface area contributed by atoms with Crippen LogP contribution < -0.4 is 0 Å². The average molecular weight is 405 g/mol. The van der Waals surface area contributed by atoms with Crippen molar-refractivity contribution in [3.63, 3.8) is 0 Å². The number of sulfonamides is 1. The van der Waals surface area contributed by atoms with Crippen molar-refractivity contribution in [2.45, 2.75) is 37.6 Å². The normalized spacial score (nSPS) is 18.5. The maximum absolute atomic E-state index is 12.9. The lowest BCUT2D eigenvalue weighted by atomic mass is 10.2. The molecule has 1 aliphatic heterocycles. The highest BCUT2D eigenvalue weighted by Gasteiger charge is 2.34. The van der Waals surface area contributed by atoms with Crippen molar-refractivity contribution in [1.82, 2.24) is 14.1 Å². The van der Waals surface area contributed by atoms with Crippen LogP contribution in [-0.2, 0) is 14.8 Å². The summed E-state index contributed by atoms with van der Waals surface area (Å²) in [4.78, 5) is 16.8. The molecule has 0 spiro atoms. The Morgan fingerprint density at radius 1 is 1.21 bits per heavy atom. The number of rotatable bonds is 7. The van der Waals surface area contributed by atoms with Gasteiger partial charge in [-0.3, -0.25) is 9.69 Å². The summed E-state index contributed by atoms with van der Waals surface area (Å²) in [6.07, 6.45) is 2.31. The summed E-state index contributed by atoms with van der Waals surface area (Å²) in [5, 5.41) is 9.20. The van der Waals surface area contributed by atoms with E-state index in [2.05, 4.69) is 18.7 Å². The van der Waals surface area contributed by atoms with Crippen molar-refractivity contribution in [2.75, 3.05) is 39.3 Å². The molecule has 0 unspecified atom stereocenters. The smallest absolute Gasteiger partial charge is 0.244 e. The second-order valence-electron chi connectivity index (χ2n) is 7.95. The Morgan fingerprint density at radius 2 is 1.86 bits per heavy atom. The van der Waals surface area contributed by atoms with Gasteiger partial charge in [-0.1, -0.05) is 26.0 Å². The molecule has 2 aliphatic rings. The van der Waals surface area contributed by atoms with Crippen LogP contribution in [0.1, 0.15) is 32.3 Å². The van der Waals surface area contributed by atoms with Crippen molar-refractivity contribution < 1.29 is 13.2 Å². The van der Waals surface area contributed by atoms with Crippen LogP contribution in [0.4, 0.5) is 0 Å². The molecule has 1 aliphatic carbocycles. The summed E-state index contributed by atoms with van der Waals surface area (Å²) < 4.78 is 27.2. The van der Waals surface area contributed by atoms with Crippen LogP contribution in [0.2, 0.25) is 0 Å². The molecule has 1 heterocycles. The molecule has 3 rings (SSSR count). The Bertz CT molecular complexity index is 850. The number of carbonyl (C=O) groups excluding carboxylic acids is 1. The zero-order valence-corrected chi connectivity index (χ0v) is 17.4. The number of carbonyl (C=O) groups is 1. The number of amides is 1. The predicted molar refractivity (Wildman–Crippen MR) is 106 cm³/mol. The van der Waals surface area contributed by atoms with Gasteiger partial charge in [-0.25, -0.2) is 8.42 Å². The van der Waals surface area contributed by atoms with Crippen LogP contribution in [0.15, 0.2) is 29.2 Å². The third-order valence-corrected chi connectivity index (χ3v) is 7.17. The lowest BCUT2D eigenvalue weighted by Crippen LogP contribution is -2.53. The predicted octanol–water partition coefficient (Wildman–Crippen LogP) is 1.51. The molecule has 0 radical (unpaired) electrons. The number of hydrogen-bond donors (Lipinski definition) is 0. The van der Waals surface area contributed by atoms with Gasteiger partial charge in [0.1, 0.15) is 6.07 Å². The lowest BCUT2D eigenvalue weighted by molar-refractivity contribution is -0.133. The SMILES string of the molecule is CC(C)CN(CC(=O)N1CCN(S(=O)(=O)c2ccccc2C#N)CC1)C1CC1. The van der Waals surface area contributed by atoms with Gasteiger partial charge in [0, 0.05) is 38.8 Å². The second-order valence-corrected chi connectivity index (χ2v) is 9.85. The van der Waals surface area contributed by atoms with Crippen molar-refractivity contribution in [3.05, 3.63) is 29.8 Å². The molecule has 0 N–H and O–H groups in total. The molecule has 1 saturated carbocycles. The Kier molecular flexibility index (Phi) is 6.38. The van der Waals surface area contributed by atoms with Gasteiger partial charge in [0.05, 0.1) is 17.0 Å². The molecule has 7 nitrogen and oxygen atoms in total. The number of piperazine rings is 1. The van der Waals surface area contributed by atoms with E-state index in [1.807, 2.05) is 6.07 Å². The quantitative estimate of drug-likeness (QED) is 0.688. The Hall–Kier alpha value is -1.95. The van der Waals surface area contributed by atoms with Gasteiger partial charge in [0.25, 0.3) is 0 Å². The molecule has 0 bridgehead atoms. The molecule has 8 heteroatoms. The standard InChI is InChI=1S/C20H28N4O3S/c1-16(2)14-23(18-7-8-18)15-20(25)22-9-11-24(12-10-22)28(26,27)19-6-4-3-5-17(19)13-21/h3-6,16,18H,7-12,14-15H2,1-2H3. The zero-order valence-electron chi connectivity index (χ0n) is 16.5.